The third-order valence-corrected chi connectivity index (χ3v) is 2.23. The zero-order chi connectivity index (χ0) is 12.3. The van der Waals surface area contributed by atoms with Crippen molar-refractivity contribution in [1.29, 1.82) is 0 Å². The van der Waals surface area contributed by atoms with Gasteiger partial charge in [0, 0.05) is 16.7 Å². The van der Waals surface area contributed by atoms with Crippen LogP contribution in [0.25, 0.3) is 0 Å². The monoisotopic (exact) mass is 260 g/mol. The summed E-state index contributed by atoms with van der Waals surface area (Å²) in [6.45, 7) is 0. The molecule has 0 heterocycles. The van der Waals surface area contributed by atoms with Crippen molar-refractivity contribution in [2.75, 3.05) is 0 Å². The fourth-order valence-corrected chi connectivity index (χ4v) is 1.45. The van der Waals surface area contributed by atoms with Crippen LogP contribution in [0.5, 0.6) is 0 Å². The van der Waals surface area contributed by atoms with Gasteiger partial charge in [-0.25, -0.2) is 4.79 Å². The van der Waals surface area contributed by atoms with E-state index in [4.69, 9.17) is 33.4 Å². The minimum atomic E-state index is -1.58. The van der Waals surface area contributed by atoms with Gasteiger partial charge in [-0.2, -0.15) is 0 Å². The highest BCUT2D eigenvalue weighted by Gasteiger charge is 2.12. The zero-order valence-corrected chi connectivity index (χ0v) is 9.29. The van der Waals surface area contributed by atoms with Gasteiger partial charge in [-0.05, 0) is 18.2 Å². The molecule has 1 aromatic rings. The molecule has 0 radical (unpaired) electrons. The van der Waals surface area contributed by atoms with Crippen molar-refractivity contribution < 1.29 is 19.8 Å². The highest BCUT2D eigenvalue weighted by molar-refractivity contribution is 6.37. The summed E-state index contributed by atoms with van der Waals surface area (Å²) in [7, 11) is 0. The van der Waals surface area contributed by atoms with Gasteiger partial charge in [0.1, 0.15) is 0 Å². The second kappa shape index (κ2) is 5.01. The number of rotatable bonds is 3. The number of aliphatic hydroxyl groups excluding tert-OH is 1. The van der Waals surface area contributed by atoms with Crippen LogP contribution in [0.1, 0.15) is 10.4 Å². The third kappa shape index (κ3) is 2.98. The Labute approximate surface area is 101 Å². The molecule has 16 heavy (non-hydrogen) atoms. The smallest absolute Gasteiger partial charge is 0.371 e. The van der Waals surface area contributed by atoms with Crippen LogP contribution in [0.4, 0.5) is 0 Å². The number of benzene rings is 1. The lowest BCUT2D eigenvalue weighted by atomic mass is 10.1. The van der Waals surface area contributed by atoms with E-state index in [0.717, 1.165) is 0 Å². The number of hydrogen-bond acceptors (Lipinski definition) is 3. The Morgan fingerprint density at radius 2 is 1.81 bits per heavy atom. The molecule has 6 heteroatoms. The molecule has 0 aliphatic rings. The SMILES string of the molecule is O=C(O)/C(O)=C/C(=O)c1ccc(Cl)cc1Cl. The average molecular weight is 261 g/mol. The van der Waals surface area contributed by atoms with E-state index in [0.29, 0.717) is 11.1 Å². The molecule has 0 saturated carbocycles. The number of aliphatic hydroxyl groups is 1. The Morgan fingerprint density at radius 3 is 2.31 bits per heavy atom. The minimum absolute atomic E-state index is 0.0684. The predicted molar refractivity (Wildman–Crippen MR) is 59.1 cm³/mol. The van der Waals surface area contributed by atoms with Gasteiger partial charge >= 0.3 is 5.97 Å². The molecule has 1 rings (SSSR count). The second-order valence-electron chi connectivity index (χ2n) is 2.82. The molecule has 2 N–H and O–H groups in total. The van der Waals surface area contributed by atoms with Gasteiger partial charge in [-0.15, -0.1) is 0 Å². The van der Waals surface area contributed by atoms with E-state index in [1.165, 1.54) is 18.2 Å². The fourth-order valence-electron chi connectivity index (χ4n) is 0.953. The first-order valence-corrected chi connectivity index (χ1v) is 4.80. The van der Waals surface area contributed by atoms with E-state index >= 15 is 0 Å². The first-order chi connectivity index (χ1) is 7.41. The first kappa shape index (κ1) is 12.5. The molecule has 0 bridgehead atoms. The molecular weight excluding hydrogens is 255 g/mol. The van der Waals surface area contributed by atoms with E-state index in [-0.39, 0.29) is 10.6 Å². The lowest BCUT2D eigenvalue weighted by Crippen LogP contribution is -2.04. The normalized spacial score (nSPS) is 11.2. The molecule has 1 aromatic carbocycles. The van der Waals surface area contributed by atoms with Crippen LogP contribution in [0.2, 0.25) is 10.0 Å². The van der Waals surface area contributed by atoms with Crippen LogP contribution in [-0.2, 0) is 4.79 Å². The van der Waals surface area contributed by atoms with Crippen LogP contribution >= 0.6 is 23.2 Å². The number of aliphatic carboxylic acids is 1. The topological polar surface area (TPSA) is 74.6 Å². The van der Waals surface area contributed by atoms with Crippen molar-refractivity contribution in [2.24, 2.45) is 0 Å². The van der Waals surface area contributed by atoms with Crippen molar-refractivity contribution in [3.8, 4) is 0 Å². The molecule has 0 spiro atoms. The zero-order valence-electron chi connectivity index (χ0n) is 7.78. The van der Waals surface area contributed by atoms with Gasteiger partial charge in [0.2, 0.25) is 5.76 Å². The molecule has 0 saturated heterocycles. The molecule has 0 fully saturated rings. The maximum Gasteiger partial charge on any atom is 0.371 e. The number of carboxylic acids is 1. The van der Waals surface area contributed by atoms with Crippen LogP contribution in [0, 0.1) is 0 Å². The predicted octanol–water partition coefficient (Wildman–Crippen LogP) is 2.70. The van der Waals surface area contributed by atoms with Crippen LogP contribution in [0.15, 0.2) is 30.0 Å². The summed E-state index contributed by atoms with van der Waals surface area (Å²) in [5.41, 5.74) is 0.0684. The number of carbonyl (C=O) groups excluding carboxylic acids is 1. The summed E-state index contributed by atoms with van der Waals surface area (Å²) in [5.74, 6) is -3.34. The quantitative estimate of drug-likeness (QED) is 0.498. The highest BCUT2D eigenvalue weighted by atomic mass is 35.5. The van der Waals surface area contributed by atoms with Gasteiger partial charge in [0.05, 0.1) is 5.02 Å². The Morgan fingerprint density at radius 1 is 1.19 bits per heavy atom. The standard InChI is InChI=1S/C10H6Cl2O4/c11-5-1-2-6(7(12)3-5)8(13)4-9(14)10(15)16/h1-4,14H,(H,15,16)/b9-4-. The van der Waals surface area contributed by atoms with Gasteiger partial charge in [0.25, 0.3) is 0 Å². The van der Waals surface area contributed by atoms with Crippen molar-refractivity contribution in [3.05, 3.63) is 45.6 Å². The third-order valence-electron chi connectivity index (χ3n) is 1.68. The van der Waals surface area contributed by atoms with Crippen LogP contribution in [0.3, 0.4) is 0 Å². The van der Waals surface area contributed by atoms with E-state index < -0.39 is 17.5 Å². The molecule has 0 atom stereocenters. The molecule has 0 aliphatic carbocycles. The summed E-state index contributed by atoms with van der Waals surface area (Å²) in [4.78, 5) is 21.7. The average Bonchev–Trinajstić information content (AvgIpc) is 2.16. The Hall–Kier alpha value is -1.52. The molecule has 4 nitrogen and oxygen atoms in total. The summed E-state index contributed by atoms with van der Waals surface area (Å²) in [5, 5.41) is 17.7. The first-order valence-electron chi connectivity index (χ1n) is 4.05. The maximum absolute atomic E-state index is 11.5. The van der Waals surface area contributed by atoms with Crippen molar-refractivity contribution in [3.63, 3.8) is 0 Å². The van der Waals surface area contributed by atoms with Crippen LogP contribution in [-0.4, -0.2) is 22.0 Å². The highest BCUT2D eigenvalue weighted by Crippen LogP contribution is 2.21. The molecule has 84 valence electrons. The summed E-state index contributed by atoms with van der Waals surface area (Å²) in [6.07, 6.45) is 0.581. The summed E-state index contributed by atoms with van der Waals surface area (Å²) in [6, 6.07) is 4.13. The number of hydrogen-bond donors (Lipinski definition) is 2. The lowest BCUT2D eigenvalue weighted by Gasteiger charge is -2.00. The minimum Gasteiger partial charge on any atom is -0.502 e. The van der Waals surface area contributed by atoms with Gasteiger partial charge in [0.15, 0.2) is 5.78 Å². The fraction of sp³-hybridized carbons (Fsp3) is 0. The summed E-state index contributed by atoms with van der Waals surface area (Å²) >= 11 is 11.3. The Kier molecular flexibility index (Phi) is 3.93. The van der Waals surface area contributed by atoms with Gasteiger partial charge in [-0.3, -0.25) is 4.79 Å². The number of allylic oxidation sites excluding steroid dienone is 1. The molecular formula is C10H6Cl2O4. The van der Waals surface area contributed by atoms with Gasteiger partial charge < -0.3 is 10.2 Å². The Bertz CT molecular complexity index is 480. The number of carboxylic acid groups (broad SMARTS) is 1. The molecule has 0 aromatic heterocycles. The lowest BCUT2D eigenvalue weighted by molar-refractivity contribution is -0.135. The maximum atomic E-state index is 11.5. The van der Waals surface area contributed by atoms with Crippen LogP contribution < -0.4 is 0 Å². The van der Waals surface area contributed by atoms with Gasteiger partial charge in [-0.1, -0.05) is 23.2 Å². The molecule has 0 amide bonds. The van der Waals surface area contributed by atoms with Crippen molar-refractivity contribution in [2.45, 2.75) is 0 Å². The van der Waals surface area contributed by atoms with E-state index in [2.05, 4.69) is 0 Å². The molecule has 0 aliphatic heterocycles. The largest absolute Gasteiger partial charge is 0.502 e. The Balaban J connectivity index is 3.07. The number of halogens is 2. The van der Waals surface area contributed by atoms with E-state index in [9.17, 15) is 9.59 Å². The van der Waals surface area contributed by atoms with Crippen molar-refractivity contribution in [1.82, 2.24) is 0 Å². The summed E-state index contributed by atoms with van der Waals surface area (Å²) < 4.78 is 0. The van der Waals surface area contributed by atoms with E-state index in [1.54, 1.807) is 0 Å². The molecule has 0 unspecified atom stereocenters. The van der Waals surface area contributed by atoms with Crippen molar-refractivity contribution >= 4 is 35.0 Å². The number of carbonyl (C=O) groups is 2. The second-order valence-corrected chi connectivity index (χ2v) is 3.67. The number of ketones is 1. The van der Waals surface area contributed by atoms with E-state index in [1.807, 2.05) is 0 Å².